The summed E-state index contributed by atoms with van der Waals surface area (Å²) in [5.74, 6) is -0.828. The molecule has 3 N–H and O–H groups in total. The summed E-state index contributed by atoms with van der Waals surface area (Å²) >= 11 is 6.29. The maximum Gasteiger partial charge on any atom is 0.430 e. The minimum Gasteiger partial charge on any atom is -0.371 e. The van der Waals surface area contributed by atoms with E-state index in [0.29, 0.717) is 35.3 Å². The minimum absolute atomic E-state index is 0.228. The molecule has 37 heavy (non-hydrogen) atoms. The van der Waals surface area contributed by atoms with Crippen LogP contribution < -0.4 is 15.5 Å². The molecule has 1 atom stereocenters. The first-order valence-corrected chi connectivity index (χ1v) is 12.8. The largest absolute Gasteiger partial charge is 0.430 e. The van der Waals surface area contributed by atoms with Crippen LogP contribution in [0.5, 0.6) is 0 Å². The Morgan fingerprint density at radius 3 is 2.27 bits per heavy atom. The molecule has 4 rings (SSSR count). The smallest absolute Gasteiger partial charge is 0.371 e. The summed E-state index contributed by atoms with van der Waals surface area (Å²) in [7, 11) is 1.56. The fourth-order valence-electron chi connectivity index (χ4n) is 5.36. The molecule has 2 aliphatic rings. The van der Waals surface area contributed by atoms with Gasteiger partial charge in [0.15, 0.2) is 0 Å². The number of carbonyl (C=O) groups is 2. The van der Waals surface area contributed by atoms with Gasteiger partial charge in [-0.05, 0) is 62.1 Å². The molecule has 2 amide bonds. The molecule has 1 saturated carbocycles. The van der Waals surface area contributed by atoms with E-state index in [1.807, 2.05) is 12.1 Å². The van der Waals surface area contributed by atoms with Gasteiger partial charge in [0.25, 0.3) is 17.4 Å². The van der Waals surface area contributed by atoms with Crippen molar-refractivity contribution in [2.45, 2.75) is 49.9 Å². The molecule has 1 heterocycles. The van der Waals surface area contributed by atoms with Crippen LogP contribution >= 0.6 is 11.6 Å². The lowest BCUT2D eigenvalue weighted by molar-refractivity contribution is -0.257. The third-order valence-electron chi connectivity index (χ3n) is 7.57. The molecule has 0 bridgehead atoms. The number of piperidine rings is 1. The van der Waals surface area contributed by atoms with Gasteiger partial charge in [0.05, 0.1) is 10.6 Å². The van der Waals surface area contributed by atoms with E-state index >= 15 is 0 Å². The fraction of sp³-hybridized carbons (Fsp3) is 0.481. The van der Waals surface area contributed by atoms with E-state index in [9.17, 15) is 27.9 Å². The molecule has 2 fully saturated rings. The summed E-state index contributed by atoms with van der Waals surface area (Å²) in [5, 5.41) is 15.8. The summed E-state index contributed by atoms with van der Waals surface area (Å²) in [5.41, 5.74) is -2.66. The van der Waals surface area contributed by atoms with Crippen molar-refractivity contribution in [2.75, 3.05) is 25.0 Å². The highest BCUT2D eigenvalue weighted by molar-refractivity contribution is 6.34. The van der Waals surface area contributed by atoms with E-state index < -0.39 is 23.2 Å². The highest BCUT2D eigenvalue weighted by Gasteiger charge is 2.61. The highest BCUT2D eigenvalue weighted by Crippen LogP contribution is 2.41. The molecule has 6 nitrogen and oxygen atoms in total. The topological polar surface area (TPSA) is 81.7 Å². The Kier molecular flexibility index (Phi) is 8.04. The average Bonchev–Trinajstić information content (AvgIpc) is 2.86. The molecule has 2 aromatic carbocycles. The first-order valence-electron chi connectivity index (χ1n) is 12.4. The zero-order valence-corrected chi connectivity index (χ0v) is 21.3. The summed E-state index contributed by atoms with van der Waals surface area (Å²) in [4.78, 5) is 26.6. The van der Waals surface area contributed by atoms with Crippen molar-refractivity contribution in [3.8, 4) is 0 Å². The van der Waals surface area contributed by atoms with Gasteiger partial charge in [-0.15, -0.1) is 0 Å². The van der Waals surface area contributed by atoms with E-state index in [1.165, 1.54) is 18.2 Å². The van der Waals surface area contributed by atoms with Gasteiger partial charge in [-0.25, -0.2) is 0 Å². The third-order valence-corrected chi connectivity index (χ3v) is 7.88. The minimum atomic E-state index is -5.14. The van der Waals surface area contributed by atoms with Crippen molar-refractivity contribution in [3.05, 3.63) is 64.7 Å². The van der Waals surface area contributed by atoms with Gasteiger partial charge in [-0.3, -0.25) is 9.59 Å². The molecule has 200 valence electrons. The van der Waals surface area contributed by atoms with Crippen molar-refractivity contribution in [3.63, 3.8) is 0 Å². The van der Waals surface area contributed by atoms with Gasteiger partial charge in [-0.1, -0.05) is 41.9 Å². The lowest BCUT2D eigenvalue weighted by Crippen LogP contribution is -2.58. The normalized spacial score (nSPS) is 22.1. The van der Waals surface area contributed by atoms with Crippen molar-refractivity contribution < 1.29 is 27.9 Å². The Bertz CT molecular complexity index is 1120. The zero-order chi connectivity index (χ0) is 26.8. The molecule has 10 heteroatoms. The lowest BCUT2D eigenvalue weighted by Gasteiger charge is -2.41. The predicted molar refractivity (Wildman–Crippen MR) is 135 cm³/mol. The van der Waals surface area contributed by atoms with E-state index in [-0.39, 0.29) is 11.9 Å². The second-order valence-electron chi connectivity index (χ2n) is 9.99. The van der Waals surface area contributed by atoms with E-state index in [0.717, 1.165) is 50.2 Å². The van der Waals surface area contributed by atoms with Crippen LogP contribution in [0.2, 0.25) is 5.02 Å². The van der Waals surface area contributed by atoms with Gasteiger partial charge in [0.2, 0.25) is 0 Å². The molecule has 0 unspecified atom stereocenters. The number of nitrogens with one attached hydrogen (secondary N) is 2. The maximum absolute atomic E-state index is 13.7. The monoisotopic (exact) mass is 537 g/mol. The number of hydrogen-bond donors (Lipinski definition) is 3. The maximum atomic E-state index is 13.7. The summed E-state index contributed by atoms with van der Waals surface area (Å²) < 4.78 is 41.1. The van der Waals surface area contributed by atoms with Crippen molar-refractivity contribution in [1.82, 2.24) is 10.6 Å². The van der Waals surface area contributed by atoms with Crippen LogP contribution in [0.4, 0.5) is 18.9 Å². The summed E-state index contributed by atoms with van der Waals surface area (Å²) in [6.07, 6.45) is -1.02. The number of benzene rings is 2. The quantitative estimate of drug-likeness (QED) is 0.480. The average molecular weight is 538 g/mol. The third kappa shape index (κ3) is 5.72. The standard InChI is InChI=1S/C27H31ClF3N3O3/c1-32-24(35)22-8-7-21(16-23(22)28)34-11-9-17(10-12-34)13-18-14-20(15-18)33-25(36)26(37,27(29,30)31)19-5-3-2-4-6-19/h2-8,16-18,20,37H,9-15H2,1H3,(H,32,35)(H,33,36)/t18?,20?,26-/m1/s1. The molecule has 2 aromatic rings. The summed E-state index contributed by atoms with van der Waals surface area (Å²) in [6.45, 7) is 1.70. The van der Waals surface area contributed by atoms with Crippen LogP contribution in [0, 0.1) is 11.8 Å². The number of aliphatic hydroxyl groups is 1. The molecular weight excluding hydrogens is 507 g/mol. The Morgan fingerprint density at radius 1 is 1.05 bits per heavy atom. The first kappa shape index (κ1) is 27.3. The number of rotatable bonds is 7. The Labute approximate surface area is 219 Å². The lowest BCUT2D eigenvalue weighted by atomic mass is 9.73. The van der Waals surface area contributed by atoms with Crippen LogP contribution in [0.3, 0.4) is 0 Å². The van der Waals surface area contributed by atoms with Crippen LogP contribution in [-0.4, -0.2) is 49.3 Å². The second-order valence-corrected chi connectivity index (χ2v) is 10.4. The van der Waals surface area contributed by atoms with Crippen molar-refractivity contribution in [2.24, 2.45) is 11.8 Å². The van der Waals surface area contributed by atoms with E-state index in [1.54, 1.807) is 13.1 Å². The number of alkyl halides is 3. The Morgan fingerprint density at radius 2 is 1.70 bits per heavy atom. The molecule has 0 aromatic heterocycles. The Balaban J connectivity index is 1.25. The molecular formula is C27H31ClF3N3O3. The SMILES string of the molecule is CNC(=O)c1ccc(N2CCC(CC3CC(NC(=O)[C@](O)(c4ccccc4)C(F)(F)F)C3)CC2)cc1Cl. The number of carbonyl (C=O) groups excluding carboxylic acids is 2. The van der Waals surface area contributed by atoms with Crippen LogP contribution in [-0.2, 0) is 10.4 Å². The van der Waals surface area contributed by atoms with Crippen molar-refractivity contribution in [1.29, 1.82) is 0 Å². The Hall–Kier alpha value is -2.78. The molecule has 1 aliphatic heterocycles. The molecule has 1 saturated heterocycles. The molecule has 0 radical (unpaired) electrons. The molecule has 1 aliphatic carbocycles. The number of halogens is 4. The van der Waals surface area contributed by atoms with Gasteiger partial charge in [0.1, 0.15) is 0 Å². The van der Waals surface area contributed by atoms with Crippen LogP contribution in [0.15, 0.2) is 48.5 Å². The van der Waals surface area contributed by atoms with Crippen molar-refractivity contribution >= 4 is 29.1 Å². The second kappa shape index (κ2) is 10.9. The predicted octanol–water partition coefficient (Wildman–Crippen LogP) is 4.65. The first-order chi connectivity index (χ1) is 17.5. The fourth-order valence-corrected chi connectivity index (χ4v) is 5.62. The number of nitrogens with zero attached hydrogens (tertiary/aromatic N) is 1. The number of amides is 2. The van der Waals surface area contributed by atoms with Crippen LogP contribution in [0.25, 0.3) is 0 Å². The van der Waals surface area contributed by atoms with E-state index in [2.05, 4.69) is 15.5 Å². The van der Waals surface area contributed by atoms with Gasteiger partial charge in [0, 0.05) is 37.4 Å². The van der Waals surface area contributed by atoms with Gasteiger partial charge >= 0.3 is 6.18 Å². The van der Waals surface area contributed by atoms with Gasteiger partial charge in [-0.2, -0.15) is 13.2 Å². The summed E-state index contributed by atoms with van der Waals surface area (Å²) in [6, 6.07) is 11.5. The molecule has 0 spiro atoms. The number of hydrogen-bond acceptors (Lipinski definition) is 4. The van der Waals surface area contributed by atoms with E-state index in [4.69, 9.17) is 11.6 Å². The number of anilines is 1. The highest BCUT2D eigenvalue weighted by atomic mass is 35.5. The van der Waals surface area contributed by atoms with Crippen LogP contribution in [0.1, 0.15) is 48.0 Å². The van der Waals surface area contributed by atoms with Gasteiger partial charge < -0.3 is 20.6 Å². The zero-order valence-electron chi connectivity index (χ0n) is 20.5.